The highest BCUT2D eigenvalue weighted by atomic mass is 32.2. The third-order valence-corrected chi connectivity index (χ3v) is 4.13. The van der Waals surface area contributed by atoms with Gasteiger partial charge in [0.15, 0.2) is 5.16 Å². The number of thiophene rings is 1. The number of nitrogens with one attached hydrogen (secondary N) is 1. The molecule has 0 aliphatic heterocycles. The largest absolute Gasteiger partial charge is 0.357 e. The molecule has 6 nitrogen and oxygen atoms in total. The second-order valence-corrected chi connectivity index (χ2v) is 5.69. The number of hydrogen-bond donors (Lipinski definition) is 1. The van der Waals surface area contributed by atoms with Crippen LogP contribution in [0.2, 0.25) is 0 Å². The van der Waals surface area contributed by atoms with Crippen LogP contribution in [0, 0.1) is 0 Å². The van der Waals surface area contributed by atoms with Crippen LogP contribution in [0.15, 0.2) is 45.3 Å². The smallest absolute Gasteiger partial charge is 0.256 e. The van der Waals surface area contributed by atoms with Crippen LogP contribution in [-0.2, 0) is 0 Å². The fourth-order valence-corrected chi connectivity index (χ4v) is 3.02. The van der Waals surface area contributed by atoms with Gasteiger partial charge in [0.05, 0.1) is 4.21 Å². The van der Waals surface area contributed by atoms with Crippen LogP contribution in [0.5, 0.6) is 0 Å². The molecule has 3 heterocycles. The summed E-state index contributed by atoms with van der Waals surface area (Å²) in [4.78, 5) is 13.0. The van der Waals surface area contributed by atoms with Crippen molar-refractivity contribution in [3.8, 4) is 5.95 Å². The Hall–Kier alpha value is -1.93. The lowest BCUT2D eigenvalue weighted by Crippen LogP contribution is -2.07. The molecule has 96 valence electrons. The Morgan fingerprint density at radius 3 is 2.89 bits per heavy atom. The minimum Gasteiger partial charge on any atom is -0.357 e. The minimum atomic E-state index is 0.503. The zero-order valence-corrected chi connectivity index (χ0v) is 11.6. The number of hydrogen-bond acceptors (Lipinski definition) is 7. The van der Waals surface area contributed by atoms with E-state index in [1.807, 2.05) is 23.6 Å². The van der Waals surface area contributed by atoms with Crippen LogP contribution in [-0.4, -0.2) is 31.8 Å². The van der Waals surface area contributed by atoms with E-state index in [1.165, 1.54) is 11.8 Å². The van der Waals surface area contributed by atoms with Crippen molar-refractivity contribution in [3.05, 3.63) is 36.0 Å². The molecule has 0 bridgehead atoms. The highest BCUT2D eigenvalue weighted by Gasteiger charge is 2.09. The first kappa shape index (κ1) is 12.1. The monoisotopic (exact) mass is 290 g/mol. The van der Waals surface area contributed by atoms with E-state index in [2.05, 4.69) is 25.4 Å². The highest BCUT2D eigenvalue weighted by Crippen LogP contribution is 2.29. The Labute approximate surface area is 117 Å². The fraction of sp³-hybridized carbons (Fsp3) is 0.0909. The van der Waals surface area contributed by atoms with Gasteiger partial charge >= 0.3 is 0 Å². The van der Waals surface area contributed by atoms with Crippen LogP contribution >= 0.6 is 23.1 Å². The van der Waals surface area contributed by atoms with E-state index in [1.54, 1.807) is 35.5 Å². The lowest BCUT2D eigenvalue weighted by molar-refractivity contribution is 0.762. The summed E-state index contributed by atoms with van der Waals surface area (Å²) in [6.45, 7) is 0. The molecule has 19 heavy (non-hydrogen) atoms. The zero-order valence-electron chi connectivity index (χ0n) is 10.0. The van der Waals surface area contributed by atoms with Crippen LogP contribution in [0.4, 0.5) is 5.95 Å². The molecule has 0 radical (unpaired) electrons. The maximum Gasteiger partial charge on any atom is 0.256 e. The summed E-state index contributed by atoms with van der Waals surface area (Å²) in [6, 6.07) is 5.86. The molecule has 0 saturated heterocycles. The van der Waals surface area contributed by atoms with E-state index < -0.39 is 0 Å². The SMILES string of the molecule is CNc1nc(Sc2cccs2)nc(-n2cccn2)n1. The summed E-state index contributed by atoms with van der Waals surface area (Å²) >= 11 is 3.16. The summed E-state index contributed by atoms with van der Waals surface area (Å²) in [7, 11) is 1.78. The predicted molar refractivity (Wildman–Crippen MR) is 74.9 cm³/mol. The van der Waals surface area contributed by atoms with Gasteiger partial charge in [0, 0.05) is 19.4 Å². The molecule has 0 fully saturated rings. The lowest BCUT2D eigenvalue weighted by atomic mass is 10.7. The summed E-state index contributed by atoms with van der Waals surface area (Å²) in [5.41, 5.74) is 0. The summed E-state index contributed by atoms with van der Waals surface area (Å²) in [5.74, 6) is 1.03. The Morgan fingerprint density at radius 1 is 1.26 bits per heavy atom. The van der Waals surface area contributed by atoms with Crippen LogP contribution in [0.3, 0.4) is 0 Å². The molecular formula is C11H10N6S2. The number of anilines is 1. The van der Waals surface area contributed by atoms with Gasteiger partial charge in [0.1, 0.15) is 0 Å². The average Bonchev–Trinajstić information content (AvgIpc) is 3.11. The maximum absolute atomic E-state index is 4.41. The van der Waals surface area contributed by atoms with Crippen molar-refractivity contribution < 1.29 is 0 Å². The van der Waals surface area contributed by atoms with Gasteiger partial charge in [-0.3, -0.25) is 0 Å². The molecular weight excluding hydrogens is 280 g/mol. The first-order chi connectivity index (χ1) is 9.35. The van der Waals surface area contributed by atoms with Gasteiger partial charge in [-0.15, -0.1) is 11.3 Å². The van der Waals surface area contributed by atoms with Gasteiger partial charge < -0.3 is 5.32 Å². The summed E-state index contributed by atoms with van der Waals surface area (Å²) in [5, 5.41) is 9.74. The van der Waals surface area contributed by atoms with E-state index in [0.29, 0.717) is 17.1 Å². The van der Waals surface area contributed by atoms with E-state index >= 15 is 0 Å². The van der Waals surface area contributed by atoms with Crippen molar-refractivity contribution in [2.45, 2.75) is 9.37 Å². The van der Waals surface area contributed by atoms with Gasteiger partial charge in [-0.2, -0.15) is 20.1 Å². The van der Waals surface area contributed by atoms with Crippen molar-refractivity contribution in [2.75, 3.05) is 12.4 Å². The Balaban J connectivity index is 1.98. The molecule has 0 aromatic carbocycles. The van der Waals surface area contributed by atoms with Crippen molar-refractivity contribution in [1.82, 2.24) is 24.7 Å². The third kappa shape index (κ3) is 2.74. The number of rotatable bonds is 4. The first-order valence-electron chi connectivity index (χ1n) is 5.50. The van der Waals surface area contributed by atoms with Crippen LogP contribution in [0.1, 0.15) is 0 Å². The molecule has 8 heteroatoms. The van der Waals surface area contributed by atoms with Gasteiger partial charge in [0.2, 0.25) is 5.95 Å². The van der Waals surface area contributed by atoms with Crippen molar-refractivity contribution in [1.29, 1.82) is 0 Å². The van der Waals surface area contributed by atoms with Crippen LogP contribution < -0.4 is 5.32 Å². The molecule has 0 spiro atoms. The molecule has 0 saturated carbocycles. The standard InChI is InChI=1S/C11H10N6S2/c1-12-9-14-10(17-6-3-5-13-17)16-11(15-9)19-8-4-2-7-18-8/h2-7H,1H3,(H,12,14,15,16). The van der Waals surface area contributed by atoms with Gasteiger partial charge in [0.25, 0.3) is 5.95 Å². The zero-order chi connectivity index (χ0) is 13.1. The normalized spacial score (nSPS) is 10.6. The van der Waals surface area contributed by atoms with E-state index in [0.717, 1.165) is 4.21 Å². The highest BCUT2D eigenvalue weighted by molar-refractivity contribution is 8.01. The second kappa shape index (κ2) is 5.37. The van der Waals surface area contributed by atoms with Crippen molar-refractivity contribution >= 4 is 29.0 Å². The Kier molecular flexibility index (Phi) is 3.43. The molecule has 1 N–H and O–H groups in total. The van der Waals surface area contributed by atoms with Crippen molar-refractivity contribution in [3.63, 3.8) is 0 Å². The number of nitrogens with zero attached hydrogens (tertiary/aromatic N) is 5. The van der Waals surface area contributed by atoms with E-state index in [4.69, 9.17) is 0 Å². The molecule has 3 aromatic rings. The van der Waals surface area contributed by atoms with Crippen LogP contribution in [0.25, 0.3) is 5.95 Å². The first-order valence-corrected chi connectivity index (χ1v) is 7.20. The minimum absolute atomic E-state index is 0.503. The summed E-state index contributed by atoms with van der Waals surface area (Å²) < 4.78 is 2.75. The Morgan fingerprint density at radius 2 is 2.21 bits per heavy atom. The Bertz CT molecular complexity index is 650. The fourth-order valence-electron chi connectivity index (χ4n) is 1.40. The number of aromatic nitrogens is 5. The average molecular weight is 290 g/mol. The van der Waals surface area contributed by atoms with Crippen molar-refractivity contribution in [2.24, 2.45) is 0 Å². The molecule has 0 unspecified atom stereocenters. The summed E-state index contributed by atoms with van der Waals surface area (Å²) in [6.07, 6.45) is 3.49. The quantitative estimate of drug-likeness (QED) is 0.795. The third-order valence-electron chi connectivity index (χ3n) is 2.22. The maximum atomic E-state index is 4.41. The van der Waals surface area contributed by atoms with E-state index in [-0.39, 0.29) is 0 Å². The second-order valence-electron chi connectivity index (χ2n) is 3.48. The van der Waals surface area contributed by atoms with Gasteiger partial charge in [-0.05, 0) is 29.3 Å². The molecule has 3 rings (SSSR count). The van der Waals surface area contributed by atoms with Gasteiger partial charge in [-0.25, -0.2) is 4.68 Å². The molecule has 0 aliphatic rings. The topological polar surface area (TPSA) is 68.5 Å². The van der Waals surface area contributed by atoms with Gasteiger partial charge in [-0.1, -0.05) is 6.07 Å². The molecule has 3 aromatic heterocycles. The molecule has 0 aliphatic carbocycles. The lowest BCUT2D eigenvalue weighted by Gasteiger charge is -2.05. The molecule has 0 atom stereocenters. The van der Waals surface area contributed by atoms with E-state index in [9.17, 15) is 0 Å². The molecule has 0 amide bonds. The predicted octanol–water partition coefficient (Wildman–Crippen LogP) is 2.31.